The summed E-state index contributed by atoms with van der Waals surface area (Å²) >= 11 is 0. The molecule has 2 saturated heterocycles. The van der Waals surface area contributed by atoms with Crippen molar-refractivity contribution in [2.24, 2.45) is 0 Å². The SMILES string of the molecule is c1cc(-c2noc(C3CC4CCC3N4)n2)ncn1. The molecule has 0 amide bonds. The Bertz CT molecular complexity index is 555. The number of hydrogen-bond acceptors (Lipinski definition) is 6. The molecule has 6 heteroatoms. The van der Waals surface area contributed by atoms with E-state index in [2.05, 4.69) is 25.4 Å². The molecule has 4 rings (SSSR count). The van der Waals surface area contributed by atoms with Crippen LogP contribution in [-0.2, 0) is 0 Å². The molecule has 2 aliphatic heterocycles. The highest BCUT2D eigenvalue weighted by atomic mass is 16.5. The smallest absolute Gasteiger partial charge is 0.231 e. The highest BCUT2D eigenvalue weighted by Crippen LogP contribution is 2.39. The van der Waals surface area contributed by atoms with Gasteiger partial charge in [0.2, 0.25) is 11.7 Å². The number of hydrogen-bond donors (Lipinski definition) is 1. The summed E-state index contributed by atoms with van der Waals surface area (Å²) in [5, 5.41) is 7.58. The van der Waals surface area contributed by atoms with Crippen LogP contribution in [0.1, 0.15) is 31.1 Å². The molecule has 3 unspecified atom stereocenters. The van der Waals surface area contributed by atoms with E-state index in [1.807, 2.05) is 0 Å². The molecular weight excluding hydrogens is 230 g/mol. The van der Waals surface area contributed by atoms with Gasteiger partial charge in [0.25, 0.3) is 0 Å². The highest BCUT2D eigenvalue weighted by molar-refractivity contribution is 5.46. The first-order valence-corrected chi connectivity index (χ1v) is 6.26. The Morgan fingerprint density at radius 1 is 1.33 bits per heavy atom. The molecule has 18 heavy (non-hydrogen) atoms. The zero-order valence-electron chi connectivity index (χ0n) is 9.78. The summed E-state index contributed by atoms with van der Waals surface area (Å²) in [6, 6.07) is 2.93. The van der Waals surface area contributed by atoms with E-state index in [-0.39, 0.29) is 0 Å². The van der Waals surface area contributed by atoms with Crippen LogP contribution in [0.15, 0.2) is 23.1 Å². The van der Waals surface area contributed by atoms with Gasteiger partial charge in [-0.3, -0.25) is 0 Å². The molecule has 2 fully saturated rings. The molecule has 0 aliphatic carbocycles. The second-order valence-corrected chi connectivity index (χ2v) is 4.94. The van der Waals surface area contributed by atoms with E-state index in [0.717, 1.165) is 12.3 Å². The summed E-state index contributed by atoms with van der Waals surface area (Å²) in [5.74, 6) is 1.66. The zero-order chi connectivity index (χ0) is 11.9. The van der Waals surface area contributed by atoms with Crippen LogP contribution in [0, 0.1) is 0 Å². The van der Waals surface area contributed by atoms with Gasteiger partial charge in [0.15, 0.2) is 0 Å². The minimum absolute atomic E-state index is 0.367. The van der Waals surface area contributed by atoms with Crippen molar-refractivity contribution in [3.8, 4) is 11.5 Å². The first kappa shape index (κ1) is 10.1. The summed E-state index contributed by atoms with van der Waals surface area (Å²) in [5.41, 5.74) is 0.705. The Hall–Kier alpha value is -1.82. The molecule has 92 valence electrons. The maximum Gasteiger partial charge on any atom is 0.231 e. The zero-order valence-corrected chi connectivity index (χ0v) is 9.78. The van der Waals surface area contributed by atoms with Crippen molar-refractivity contribution >= 4 is 0 Å². The number of nitrogens with one attached hydrogen (secondary N) is 1. The summed E-state index contributed by atoms with van der Waals surface area (Å²) in [6.45, 7) is 0. The van der Waals surface area contributed by atoms with Crippen LogP contribution in [-0.4, -0.2) is 32.2 Å². The number of fused-ring (bicyclic) bond motifs is 2. The molecule has 3 atom stereocenters. The largest absolute Gasteiger partial charge is 0.339 e. The first-order valence-electron chi connectivity index (χ1n) is 6.26. The van der Waals surface area contributed by atoms with Crippen molar-refractivity contribution in [2.45, 2.75) is 37.3 Å². The lowest BCUT2D eigenvalue weighted by molar-refractivity contribution is 0.329. The fraction of sp³-hybridized carbons (Fsp3) is 0.500. The standard InChI is InChI=1S/C12H13N5O/c1-2-9-8(5-7(1)15-9)12-16-11(17-18-12)10-3-4-13-6-14-10/h3-4,6-9,15H,1-2,5H2. The molecule has 2 bridgehead atoms. The van der Waals surface area contributed by atoms with E-state index in [9.17, 15) is 0 Å². The van der Waals surface area contributed by atoms with Gasteiger partial charge in [-0.2, -0.15) is 4.98 Å². The lowest BCUT2D eigenvalue weighted by atomic mass is 9.89. The van der Waals surface area contributed by atoms with Crippen molar-refractivity contribution in [3.05, 3.63) is 24.5 Å². The fourth-order valence-electron chi connectivity index (χ4n) is 3.01. The van der Waals surface area contributed by atoms with Crippen LogP contribution >= 0.6 is 0 Å². The highest BCUT2D eigenvalue weighted by Gasteiger charge is 2.42. The maximum atomic E-state index is 5.39. The fourth-order valence-corrected chi connectivity index (χ4v) is 3.01. The van der Waals surface area contributed by atoms with E-state index < -0.39 is 0 Å². The predicted octanol–water partition coefficient (Wildman–Crippen LogP) is 1.13. The van der Waals surface area contributed by atoms with Gasteiger partial charge < -0.3 is 9.84 Å². The average Bonchev–Trinajstić information content (AvgIpc) is 3.15. The minimum atomic E-state index is 0.367. The molecule has 0 aromatic carbocycles. The van der Waals surface area contributed by atoms with Crippen LogP contribution in [0.3, 0.4) is 0 Å². The average molecular weight is 243 g/mol. The molecule has 2 aliphatic rings. The van der Waals surface area contributed by atoms with Gasteiger partial charge in [0.05, 0.1) is 5.92 Å². The maximum absolute atomic E-state index is 5.39. The van der Waals surface area contributed by atoms with Crippen molar-refractivity contribution < 1.29 is 4.52 Å². The third-order valence-corrected chi connectivity index (χ3v) is 3.87. The lowest BCUT2D eigenvalue weighted by Gasteiger charge is -2.15. The van der Waals surface area contributed by atoms with Crippen LogP contribution in [0.2, 0.25) is 0 Å². The van der Waals surface area contributed by atoms with E-state index in [1.165, 1.54) is 19.2 Å². The first-order chi connectivity index (χ1) is 8.90. The third kappa shape index (κ3) is 1.53. The van der Waals surface area contributed by atoms with Gasteiger partial charge in [0, 0.05) is 18.3 Å². The number of nitrogens with zero attached hydrogens (tertiary/aromatic N) is 4. The predicted molar refractivity (Wildman–Crippen MR) is 62.6 cm³/mol. The molecular formula is C12H13N5O. The van der Waals surface area contributed by atoms with Crippen LogP contribution in [0.5, 0.6) is 0 Å². The number of aromatic nitrogens is 4. The number of rotatable bonds is 2. The second kappa shape index (κ2) is 3.84. The van der Waals surface area contributed by atoms with E-state index in [0.29, 0.717) is 29.5 Å². The second-order valence-electron chi connectivity index (χ2n) is 4.94. The monoisotopic (exact) mass is 243 g/mol. The van der Waals surface area contributed by atoms with Gasteiger partial charge in [0.1, 0.15) is 12.0 Å². The normalized spacial score (nSPS) is 29.9. The molecule has 0 radical (unpaired) electrons. The molecule has 4 heterocycles. The van der Waals surface area contributed by atoms with Gasteiger partial charge in [-0.25, -0.2) is 9.97 Å². The summed E-state index contributed by atoms with van der Waals surface area (Å²) in [7, 11) is 0. The Morgan fingerprint density at radius 2 is 2.33 bits per heavy atom. The lowest BCUT2D eigenvalue weighted by Crippen LogP contribution is -2.21. The van der Waals surface area contributed by atoms with Crippen molar-refractivity contribution in [1.82, 2.24) is 25.4 Å². The summed E-state index contributed by atoms with van der Waals surface area (Å²) < 4.78 is 5.39. The Morgan fingerprint density at radius 3 is 3.06 bits per heavy atom. The van der Waals surface area contributed by atoms with Crippen LogP contribution in [0.4, 0.5) is 0 Å². The van der Waals surface area contributed by atoms with Crippen LogP contribution in [0.25, 0.3) is 11.5 Å². The Kier molecular flexibility index (Phi) is 2.16. The molecule has 1 N–H and O–H groups in total. The molecule has 6 nitrogen and oxygen atoms in total. The van der Waals surface area contributed by atoms with Crippen LogP contribution < -0.4 is 5.32 Å². The van der Waals surface area contributed by atoms with E-state index in [4.69, 9.17) is 4.52 Å². The van der Waals surface area contributed by atoms with Gasteiger partial charge in [-0.1, -0.05) is 5.16 Å². The Balaban J connectivity index is 1.63. The van der Waals surface area contributed by atoms with Crippen molar-refractivity contribution in [2.75, 3.05) is 0 Å². The topological polar surface area (TPSA) is 76.7 Å². The third-order valence-electron chi connectivity index (χ3n) is 3.87. The Labute approximate surface area is 104 Å². The van der Waals surface area contributed by atoms with Crippen molar-refractivity contribution in [1.29, 1.82) is 0 Å². The molecule has 0 spiro atoms. The van der Waals surface area contributed by atoms with Gasteiger partial charge >= 0.3 is 0 Å². The van der Waals surface area contributed by atoms with Gasteiger partial charge in [-0.05, 0) is 25.3 Å². The molecule has 2 aromatic heterocycles. The minimum Gasteiger partial charge on any atom is -0.339 e. The summed E-state index contributed by atoms with van der Waals surface area (Å²) in [6.07, 6.45) is 6.76. The quantitative estimate of drug-likeness (QED) is 0.852. The summed E-state index contributed by atoms with van der Waals surface area (Å²) in [4.78, 5) is 12.5. The van der Waals surface area contributed by atoms with E-state index in [1.54, 1.807) is 12.3 Å². The molecule has 0 saturated carbocycles. The van der Waals surface area contributed by atoms with Gasteiger partial charge in [-0.15, -0.1) is 0 Å². The van der Waals surface area contributed by atoms with Crippen molar-refractivity contribution in [3.63, 3.8) is 0 Å². The molecule has 2 aromatic rings. The van der Waals surface area contributed by atoms with E-state index >= 15 is 0 Å².